The van der Waals surface area contributed by atoms with Gasteiger partial charge in [0.2, 0.25) is 5.95 Å². The van der Waals surface area contributed by atoms with Gasteiger partial charge in [-0.1, -0.05) is 19.8 Å². The Morgan fingerprint density at radius 1 is 1.10 bits per heavy atom. The van der Waals surface area contributed by atoms with Crippen LogP contribution >= 0.6 is 0 Å². The van der Waals surface area contributed by atoms with Crippen LogP contribution < -0.4 is 15.5 Å². The molecule has 0 bridgehead atoms. The number of benzene rings is 1. The molecule has 1 aromatic carbocycles. The van der Waals surface area contributed by atoms with Crippen LogP contribution in [0.2, 0.25) is 0 Å². The van der Waals surface area contributed by atoms with Gasteiger partial charge in [0.05, 0.1) is 0 Å². The number of rotatable bonds is 5. The van der Waals surface area contributed by atoms with Crippen LogP contribution in [0.4, 0.5) is 17.3 Å². The van der Waals surface area contributed by atoms with Crippen molar-refractivity contribution in [2.75, 3.05) is 36.4 Å². The first-order valence-corrected chi connectivity index (χ1v) is 11.0. The molecule has 3 heterocycles. The predicted molar refractivity (Wildman–Crippen MR) is 119 cm³/mol. The van der Waals surface area contributed by atoms with E-state index in [1.165, 1.54) is 42.3 Å². The Kier molecular flexibility index (Phi) is 5.10. The number of anilines is 3. The monoisotopic (exact) mass is 390 g/mol. The molecule has 1 aliphatic heterocycles. The zero-order chi connectivity index (χ0) is 19.6. The number of fused-ring (bicyclic) bond motifs is 1. The van der Waals surface area contributed by atoms with E-state index in [1.807, 2.05) is 6.20 Å². The maximum atomic E-state index is 4.92. The molecule has 2 aliphatic rings. The van der Waals surface area contributed by atoms with Crippen molar-refractivity contribution in [3.63, 3.8) is 0 Å². The minimum atomic E-state index is 0.582. The van der Waals surface area contributed by atoms with Crippen molar-refractivity contribution in [3.8, 4) is 0 Å². The van der Waals surface area contributed by atoms with Crippen LogP contribution in [-0.2, 0) is 6.42 Å². The Hall–Kier alpha value is -2.60. The van der Waals surface area contributed by atoms with Crippen molar-refractivity contribution in [3.05, 3.63) is 42.2 Å². The highest BCUT2D eigenvalue weighted by atomic mass is 15.2. The van der Waals surface area contributed by atoms with E-state index in [1.54, 1.807) is 0 Å². The Balaban J connectivity index is 1.39. The first-order chi connectivity index (χ1) is 14.3. The summed E-state index contributed by atoms with van der Waals surface area (Å²) in [6.45, 7) is 6.43. The van der Waals surface area contributed by atoms with Crippen LogP contribution in [0, 0.1) is 0 Å². The van der Waals surface area contributed by atoms with Crippen LogP contribution in [-0.4, -0.2) is 40.7 Å². The third-order valence-electron chi connectivity index (χ3n) is 6.36. The summed E-state index contributed by atoms with van der Waals surface area (Å²) in [5.74, 6) is 0.674. The highest BCUT2D eigenvalue weighted by molar-refractivity contribution is 5.81. The molecule has 0 atom stereocenters. The highest BCUT2D eigenvalue weighted by Crippen LogP contribution is 2.34. The zero-order valence-electron chi connectivity index (χ0n) is 17.2. The van der Waals surface area contributed by atoms with E-state index in [4.69, 9.17) is 4.98 Å². The molecule has 6 heteroatoms. The molecule has 2 fully saturated rings. The third-order valence-corrected chi connectivity index (χ3v) is 6.36. The van der Waals surface area contributed by atoms with Gasteiger partial charge in [0.1, 0.15) is 5.65 Å². The number of hydrogen-bond acceptors (Lipinski definition) is 5. The zero-order valence-corrected chi connectivity index (χ0v) is 17.2. The van der Waals surface area contributed by atoms with E-state index >= 15 is 0 Å². The molecule has 0 spiro atoms. The Bertz CT molecular complexity index is 965. The lowest BCUT2D eigenvalue weighted by atomic mass is 10.2. The lowest BCUT2D eigenvalue weighted by molar-refractivity contribution is 0.531. The largest absolute Gasteiger partial charge is 0.369 e. The van der Waals surface area contributed by atoms with Gasteiger partial charge in [0, 0.05) is 61.4 Å². The van der Waals surface area contributed by atoms with Crippen LogP contribution in [0.1, 0.15) is 44.2 Å². The SMILES string of the molecule is CCc1cn(C2CCCC2)c2nc(Nc3ccc(N4CCNCC4)cc3)ncc12. The average Bonchev–Trinajstić information content (AvgIpc) is 3.42. The molecule has 6 nitrogen and oxygen atoms in total. The van der Waals surface area contributed by atoms with Gasteiger partial charge < -0.3 is 20.1 Å². The Morgan fingerprint density at radius 2 is 1.86 bits per heavy atom. The summed E-state index contributed by atoms with van der Waals surface area (Å²) < 4.78 is 2.40. The first-order valence-electron chi connectivity index (χ1n) is 11.0. The Morgan fingerprint density at radius 3 is 2.59 bits per heavy atom. The van der Waals surface area contributed by atoms with Crippen molar-refractivity contribution in [1.82, 2.24) is 19.9 Å². The normalized spacial score (nSPS) is 17.9. The van der Waals surface area contributed by atoms with Crippen LogP contribution in [0.5, 0.6) is 0 Å². The number of aryl methyl sites for hydroxylation is 1. The summed E-state index contributed by atoms with van der Waals surface area (Å²) in [6.07, 6.45) is 10.5. The topological polar surface area (TPSA) is 58.0 Å². The van der Waals surface area contributed by atoms with E-state index in [2.05, 4.69) is 62.5 Å². The highest BCUT2D eigenvalue weighted by Gasteiger charge is 2.21. The van der Waals surface area contributed by atoms with Gasteiger partial charge in [-0.25, -0.2) is 4.98 Å². The first kappa shape index (κ1) is 18.4. The maximum absolute atomic E-state index is 4.92. The number of piperazine rings is 1. The Labute approximate surface area is 172 Å². The van der Waals surface area contributed by atoms with Crippen molar-refractivity contribution >= 4 is 28.4 Å². The van der Waals surface area contributed by atoms with Gasteiger partial charge in [0.25, 0.3) is 0 Å². The second-order valence-electron chi connectivity index (χ2n) is 8.19. The summed E-state index contributed by atoms with van der Waals surface area (Å²) in [7, 11) is 0. The molecule has 5 rings (SSSR count). The smallest absolute Gasteiger partial charge is 0.229 e. The molecule has 3 aromatic rings. The molecule has 0 amide bonds. The van der Waals surface area contributed by atoms with Crippen molar-refractivity contribution in [2.24, 2.45) is 0 Å². The minimum Gasteiger partial charge on any atom is -0.369 e. The van der Waals surface area contributed by atoms with Crippen LogP contribution in [0.3, 0.4) is 0 Å². The maximum Gasteiger partial charge on any atom is 0.229 e. The van der Waals surface area contributed by atoms with E-state index in [9.17, 15) is 0 Å². The second kappa shape index (κ2) is 8.03. The van der Waals surface area contributed by atoms with E-state index in [-0.39, 0.29) is 0 Å². The molecule has 2 aromatic heterocycles. The quantitative estimate of drug-likeness (QED) is 0.682. The molecule has 0 unspecified atom stereocenters. The fraction of sp³-hybridized carbons (Fsp3) is 0.478. The standard InChI is InChI=1S/C23H30N6/c1-2-17-16-29(20-5-3-4-6-20)22-21(17)15-25-23(27-22)26-18-7-9-19(10-8-18)28-13-11-24-12-14-28/h7-10,15-16,20,24H,2-6,11-14H2,1H3,(H,25,26,27). The number of aromatic nitrogens is 3. The van der Waals surface area contributed by atoms with Crippen molar-refractivity contribution in [2.45, 2.75) is 45.1 Å². The summed E-state index contributed by atoms with van der Waals surface area (Å²) >= 11 is 0. The van der Waals surface area contributed by atoms with Crippen LogP contribution in [0.15, 0.2) is 36.7 Å². The summed E-state index contributed by atoms with van der Waals surface area (Å²) in [4.78, 5) is 11.9. The van der Waals surface area contributed by atoms with Gasteiger partial charge in [-0.3, -0.25) is 0 Å². The minimum absolute atomic E-state index is 0.582. The molecule has 152 valence electrons. The number of nitrogens with zero attached hydrogens (tertiary/aromatic N) is 4. The third kappa shape index (κ3) is 3.69. The average molecular weight is 391 g/mol. The van der Waals surface area contributed by atoms with E-state index in [0.717, 1.165) is 43.9 Å². The predicted octanol–water partition coefficient (Wildman–Crippen LogP) is 4.26. The van der Waals surface area contributed by atoms with Gasteiger partial charge in [-0.05, 0) is 49.1 Å². The fourth-order valence-corrected chi connectivity index (χ4v) is 4.71. The molecular formula is C23H30N6. The lowest BCUT2D eigenvalue weighted by Crippen LogP contribution is -2.43. The summed E-state index contributed by atoms with van der Waals surface area (Å²) in [6, 6.07) is 9.20. The molecular weight excluding hydrogens is 360 g/mol. The van der Waals surface area contributed by atoms with E-state index in [0.29, 0.717) is 12.0 Å². The number of nitrogens with one attached hydrogen (secondary N) is 2. The molecule has 2 N–H and O–H groups in total. The number of hydrogen-bond donors (Lipinski definition) is 2. The summed E-state index contributed by atoms with van der Waals surface area (Å²) in [5.41, 5.74) is 4.72. The van der Waals surface area contributed by atoms with Crippen molar-refractivity contribution in [1.29, 1.82) is 0 Å². The fourth-order valence-electron chi connectivity index (χ4n) is 4.71. The van der Waals surface area contributed by atoms with Crippen LogP contribution in [0.25, 0.3) is 11.0 Å². The molecule has 1 aliphatic carbocycles. The van der Waals surface area contributed by atoms with Gasteiger partial charge in [0.15, 0.2) is 0 Å². The molecule has 29 heavy (non-hydrogen) atoms. The van der Waals surface area contributed by atoms with Crippen molar-refractivity contribution < 1.29 is 0 Å². The van der Waals surface area contributed by atoms with Gasteiger partial charge >= 0.3 is 0 Å². The van der Waals surface area contributed by atoms with E-state index < -0.39 is 0 Å². The lowest BCUT2D eigenvalue weighted by Gasteiger charge is -2.29. The van der Waals surface area contributed by atoms with Gasteiger partial charge in [-0.2, -0.15) is 4.98 Å². The second-order valence-corrected chi connectivity index (χ2v) is 8.19. The van der Waals surface area contributed by atoms with Gasteiger partial charge in [-0.15, -0.1) is 0 Å². The molecule has 1 saturated heterocycles. The molecule has 1 saturated carbocycles. The molecule has 0 radical (unpaired) electrons. The summed E-state index contributed by atoms with van der Waals surface area (Å²) in [5, 5.41) is 8.00.